The number of hydrazone groups is 1. The lowest BCUT2D eigenvalue weighted by atomic mass is 10.1. The number of hydrogen-bond donors (Lipinski definition) is 1. The molecule has 0 aliphatic rings. The van der Waals surface area contributed by atoms with Crippen LogP contribution < -0.4 is 5.43 Å². The van der Waals surface area contributed by atoms with Crippen molar-refractivity contribution in [3.63, 3.8) is 0 Å². The summed E-state index contributed by atoms with van der Waals surface area (Å²) in [5.41, 5.74) is 4.42. The second-order valence-electron chi connectivity index (χ2n) is 4.61. The van der Waals surface area contributed by atoms with Crippen LogP contribution in [-0.4, -0.2) is 16.9 Å². The van der Waals surface area contributed by atoms with Gasteiger partial charge in [-0.2, -0.15) is 5.10 Å². The first-order chi connectivity index (χ1) is 10.2. The minimum Gasteiger partial charge on any atom is -0.272 e. The van der Waals surface area contributed by atoms with Crippen LogP contribution in [0.2, 0.25) is 0 Å². The quantitative estimate of drug-likeness (QED) is 0.519. The Hall–Kier alpha value is -2.07. The van der Waals surface area contributed by atoms with Gasteiger partial charge in [-0.15, -0.1) is 11.8 Å². The van der Waals surface area contributed by atoms with Crippen molar-refractivity contribution < 1.29 is 4.79 Å². The van der Waals surface area contributed by atoms with Crippen LogP contribution in [0.1, 0.15) is 19.4 Å². The Labute approximate surface area is 129 Å². The first kappa shape index (κ1) is 15.3. The maximum atomic E-state index is 12.0. The summed E-state index contributed by atoms with van der Waals surface area (Å²) in [6.07, 6.45) is 0. The molecular formula is C17H18N2OS. The molecule has 0 aromatic heterocycles. The van der Waals surface area contributed by atoms with E-state index in [0.717, 1.165) is 16.2 Å². The molecule has 3 nitrogen and oxygen atoms in total. The molecule has 4 heteroatoms. The van der Waals surface area contributed by atoms with Crippen LogP contribution in [0, 0.1) is 0 Å². The van der Waals surface area contributed by atoms with Gasteiger partial charge in [0.2, 0.25) is 0 Å². The Bertz CT molecular complexity index is 611. The number of carbonyl (C=O) groups is 1. The lowest BCUT2D eigenvalue weighted by molar-refractivity contribution is -0.120. The van der Waals surface area contributed by atoms with Gasteiger partial charge in [0.1, 0.15) is 0 Å². The highest BCUT2D eigenvalue weighted by Gasteiger charge is 2.13. The highest BCUT2D eigenvalue weighted by Crippen LogP contribution is 2.22. The fourth-order valence-electron chi connectivity index (χ4n) is 1.73. The zero-order chi connectivity index (χ0) is 15.1. The number of nitrogens with one attached hydrogen (secondary N) is 1. The highest BCUT2D eigenvalue weighted by atomic mass is 32.2. The van der Waals surface area contributed by atoms with Crippen molar-refractivity contribution >= 4 is 23.4 Å². The molecule has 0 spiro atoms. The molecular weight excluding hydrogens is 280 g/mol. The van der Waals surface area contributed by atoms with E-state index in [1.807, 2.05) is 74.5 Å². The summed E-state index contributed by atoms with van der Waals surface area (Å²) in [5.74, 6) is -0.0980. The molecule has 0 saturated carbocycles. The summed E-state index contributed by atoms with van der Waals surface area (Å²) in [5, 5.41) is 3.97. The second-order valence-corrected chi connectivity index (χ2v) is 6.03. The molecule has 108 valence electrons. The SMILES string of the molecule is C/C(=N/NC(=O)[C@H](C)Sc1ccccc1)c1ccccc1. The minimum atomic E-state index is -0.195. The van der Waals surface area contributed by atoms with Gasteiger partial charge in [0.25, 0.3) is 5.91 Å². The third kappa shape index (κ3) is 4.76. The normalized spacial score (nSPS) is 12.8. The summed E-state index contributed by atoms with van der Waals surface area (Å²) in [4.78, 5) is 13.1. The molecule has 2 rings (SSSR count). The van der Waals surface area contributed by atoms with Gasteiger partial charge in [-0.3, -0.25) is 4.79 Å². The maximum Gasteiger partial charge on any atom is 0.253 e. The summed E-state index contributed by atoms with van der Waals surface area (Å²) in [6.45, 7) is 3.75. The Morgan fingerprint density at radius 1 is 1.05 bits per heavy atom. The third-order valence-corrected chi connectivity index (χ3v) is 4.06. The van der Waals surface area contributed by atoms with Gasteiger partial charge in [0, 0.05) is 4.90 Å². The number of benzene rings is 2. The second kappa shape index (κ2) is 7.64. The van der Waals surface area contributed by atoms with E-state index in [9.17, 15) is 4.79 Å². The van der Waals surface area contributed by atoms with Crippen LogP contribution in [0.4, 0.5) is 0 Å². The molecule has 0 fully saturated rings. The van der Waals surface area contributed by atoms with Crippen LogP contribution in [0.5, 0.6) is 0 Å². The minimum absolute atomic E-state index is 0.0980. The smallest absolute Gasteiger partial charge is 0.253 e. The van der Waals surface area contributed by atoms with E-state index in [2.05, 4.69) is 10.5 Å². The van der Waals surface area contributed by atoms with E-state index < -0.39 is 0 Å². The Kier molecular flexibility index (Phi) is 5.58. The molecule has 0 heterocycles. The predicted molar refractivity (Wildman–Crippen MR) is 88.6 cm³/mol. The molecule has 0 saturated heterocycles. The average Bonchev–Trinajstić information content (AvgIpc) is 2.54. The number of nitrogens with zero attached hydrogens (tertiary/aromatic N) is 1. The molecule has 0 aliphatic heterocycles. The average molecular weight is 298 g/mol. The van der Waals surface area contributed by atoms with Crippen molar-refractivity contribution in [2.24, 2.45) is 5.10 Å². The van der Waals surface area contributed by atoms with E-state index in [1.54, 1.807) is 0 Å². The van der Waals surface area contributed by atoms with Gasteiger partial charge in [-0.1, -0.05) is 48.5 Å². The molecule has 2 aromatic carbocycles. The summed E-state index contributed by atoms with van der Waals surface area (Å²) >= 11 is 1.52. The van der Waals surface area contributed by atoms with Crippen molar-refractivity contribution in [3.8, 4) is 0 Å². The lowest BCUT2D eigenvalue weighted by Gasteiger charge is -2.10. The number of rotatable bonds is 5. The Morgan fingerprint density at radius 2 is 1.62 bits per heavy atom. The third-order valence-electron chi connectivity index (χ3n) is 2.95. The lowest BCUT2D eigenvalue weighted by Crippen LogP contribution is -2.27. The summed E-state index contributed by atoms with van der Waals surface area (Å²) < 4.78 is 0. The van der Waals surface area contributed by atoms with Gasteiger partial charge in [0.15, 0.2) is 0 Å². The Balaban J connectivity index is 1.92. The summed E-state index contributed by atoms with van der Waals surface area (Å²) in [6, 6.07) is 19.7. The monoisotopic (exact) mass is 298 g/mol. The van der Waals surface area contributed by atoms with Crippen molar-refractivity contribution in [2.75, 3.05) is 0 Å². The highest BCUT2D eigenvalue weighted by molar-refractivity contribution is 8.00. The van der Waals surface area contributed by atoms with Crippen LogP contribution in [-0.2, 0) is 4.79 Å². The van der Waals surface area contributed by atoms with Gasteiger partial charge >= 0.3 is 0 Å². The zero-order valence-corrected chi connectivity index (χ0v) is 12.9. The molecule has 2 aromatic rings. The van der Waals surface area contributed by atoms with Crippen molar-refractivity contribution in [3.05, 3.63) is 66.2 Å². The van der Waals surface area contributed by atoms with E-state index in [0.29, 0.717) is 0 Å². The van der Waals surface area contributed by atoms with Gasteiger partial charge in [-0.25, -0.2) is 5.43 Å². The molecule has 0 radical (unpaired) electrons. The topological polar surface area (TPSA) is 41.5 Å². The molecule has 1 atom stereocenters. The zero-order valence-electron chi connectivity index (χ0n) is 12.1. The van der Waals surface area contributed by atoms with E-state index in [1.165, 1.54) is 11.8 Å². The number of hydrogen-bond acceptors (Lipinski definition) is 3. The standard InChI is InChI=1S/C17H18N2OS/c1-13(15-9-5-3-6-10-15)18-19-17(20)14(2)21-16-11-7-4-8-12-16/h3-12,14H,1-2H3,(H,19,20)/b18-13-/t14-/m0/s1. The number of thioether (sulfide) groups is 1. The van der Waals surface area contributed by atoms with Gasteiger partial charge in [0.05, 0.1) is 11.0 Å². The molecule has 0 unspecified atom stereocenters. The van der Waals surface area contributed by atoms with Crippen LogP contribution in [0.15, 0.2) is 70.7 Å². The van der Waals surface area contributed by atoms with Gasteiger partial charge in [-0.05, 0) is 31.5 Å². The fourth-order valence-corrected chi connectivity index (χ4v) is 2.61. The van der Waals surface area contributed by atoms with E-state index >= 15 is 0 Å². The first-order valence-corrected chi connectivity index (χ1v) is 7.66. The first-order valence-electron chi connectivity index (χ1n) is 6.78. The van der Waals surface area contributed by atoms with E-state index in [-0.39, 0.29) is 11.2 Å². The molecule has 1 N–H and O–H groups in total. The molecule has 0 bridgehead atoms. The predicted octanol–water partition coefficient (Wildman–Crippen LogP) is 3.71. The maximum absolute atomic E-state index is 12.0. The van der Waals surface area contributed by atoms with Gasteiger partial charge < -0.3 is 0 Å². The van der Waals surface area contributed by atoms with Crippen LogP contribution in [0.25, 0.3) is 0 Å². The van der Waals surface area contributed by atoms with Crippen molar-refractivity contribution in [1.82, 2.24) is 5.43 Å². The van der Waals surface area contributed by atoms with E-state index in [4.69, 9.17) is 0 Å². The van der Waals surface area contributed by atoms with Crippen LogP contribution in [0.3, 0.4) is 0 Å². The largest absolute Gasteiger partial charge is 0.272 e. The summed E-state index contributed by atoms with van der Waals surface area (Å²) in [7, 11) is 0. The number of carbonyl (C=O) groups excluding carboxylic acids is 1. The Morgan fingerprint density at radius 3 is 2.24 bits per heavy atom. The number of amides is 1. The fraction of sp³-hybridized carbons (Fsp3) is 0.176. The van der Waals surface area contributed by atoms with Crippen molar-refractivity contribution in [2.45, 2.75) is 24.0 Å². The molecule has 0 aliphatic carbocycles. The van der Waals surface area contributed by atoms with Crippen LogP contribution >= 0.6 is 11.8 Å². The molecule has 21 heavy (non-hydrogen) atoms. The van der Waals surface area contributed by atoms with Crippen molar-refractivity contribution in [1.29, 1.82) is 0 Å². The molecule has 1 amide bonds.